The summed E-state index contributed by atoms with van der Waals surface area (Å²) in [7, 11) is -3.24. The van der Waals surface area contributed by atoms with E-state index < -0.39 is 10.2 Å². The van der Waals surface area contributed by atoms with Gasteiger partial charge in [-0.2, -0.15) is 17.0 Å². The number of alkyl halides is 1. The van der Waals surface area contributed by atoms with Crippen molar-refractivity contribution in [1.29, 1.82) is 0 Å². The molecule has 1 rings (SSSR count). The Bertz CT molecular complexity index is 313. The molecule has 0 spiro atoms. The molecule has 0 bridgehead atoms. The Morgan fingerprint density at radius 2 is 1.88 bits per heavy atom. The van der Waals surface area contributed by atoms with Crippen LogP contribution in [-0.4, -0.2) is 49.1 Å². The van der Waals surface area contributed by atoms with Crippen LogP contribution < -0.4 is 0 Å². The molecular weight excluding hydrogens is 260 g/mol. The van der Waals surface area contributed by atoms with E-state index in [4.69, 9.17) is 11.6 Å². The van der Waals surface area contributed by atoms with E-state index >= 15 is 0 Å². The Labute approximate surface area is 110 Å². The molecule has 0 atom stereocenters. The summed E-state index contributed by atoms with van der Waals surface area (Å²) in [6.45, 7) is 6.26. The molecule has 0 unspecified atom stereocenters. The fourth-order valence-electron chi connectivity index (χ4n) is 2.14. The summed E-state index contributed by atoms with van der Waals surface area (Å²) in [6.07, 6.45) is 2.62. The van der Waals surface area contributed by atoms with E-state index in [9.17, 15) is 8.42 Å². The Morgan fingerprint density at radius 1 is 1.29 bits per heavy atom. The zero-order valence-electron chi connectivity index (χ0n) is 10.7. The van der Waals surface area contributed by atoms with Crippen LogP contribution in [0, 0.1) is 5.92 Å². The maximum Gasteiger partial charge on any atom is 0.281 e. The molecule has 0 aromatic carbocycles. The van der Waals surface area contributed by atoms with Crippen molar-refractivity contribution in [1.82, 2.24) is 8.61 Å². The molecule has 0 aliphatic carbocycles. The molecule has 0 amide bonds. The summed E-state index contributed by atoms with van der Waals surface area (Å²) in [4.78, 5) is 0. The van der Waals surface area contributed by atoms with Gasteiger partial charge in [-0.1, -0.05) is 13.8 Å². The van der Waals surface area contributed by atoms with Crippen molar-refractivity contribution < 1.29 is 8.42 Å². The fourth-order valence-corrected chi connectivity index (χ4v) is 4.19. The van der Waals surface area contributed by atoms with Crippen LogP contribution in [0.3, 0.4) is 0 Å². The lowest BCUT2D eigenvalue weighted by Crippen LogP contribution is -2.47. The molecule has 0 aromatic heterocycles. The molecule has 102 valence electrons. The molecule has 1 aliphatic rings. The monoisotopic (exact) mass is 282 g/mol. The second-order valence-corrected chi connectivity index (χ2v) is 6.73. The highest BCUT2D eigenvalue weighted by atomic mass is 35.5. The predicted octanol–water partition coefficient (Wildman–Crippen LogP) is 1.91. The van der Waals surface area contributed by atoms with Crippen LogP contribution in [0.2, 0.25) is 0 Å². The number of piperidine rings is 1. The Balaban J connectivity index is 2.64. The van der Waals surface area contributed by atoms with Crippen LogP contribution in [-0.2, 0) is 10.2 Å². The summed E-state index contributed by atoms with van der Waals surface area (Å²) in [6, 6.07) is 0. The van der Waals surface area contributed by atoms with E-state index in [0.29, 0.717) is 38.0 Å². The van der Waals surface area contributed by atoms with Crippen molar-refractivity contribution in [3.05, 3.63) is 0 Å². The highest BCUT2D eigenvalue weighted by Crippen LogP contribution is 2.22. The van der Waals surface area contributed by atoms with Gasteiger partial charge in [0.25, 0.3) is 10.2 Å². The second kappa shape index (κ2) is 6.92. The van der Waals surface area contributed by atoms with Gasteiger partial charge in [-0.05, 0) is 25.2 Å². The van der Waals surface area contributed by atoms with Crippen molar-refractivity contribution in [2.24, 2.45) is 5.92 Å². The van der Waals surface area contributed by atoms with Gasteiger partial charge in [0.1, 0.15) is 0 Å². The van der Waals surface area contributed by atoms with Gasteiger partial charge in [-0.15, -0.1) is 11.6 Å². The van der Waals surface area contributed by atoms with Crippen LogP contribution >= 0.6 is 11.6 Å². The molecule has 0 saturated carbocycles. The van der Waals surface area contributed by atoms with Gasteiger partial charge in [0.2, 0.25) is 0 Å². The van der Waals surface area contributed by atoms with E-state index in [2.05, 4.69) is 0 Å². The lowest BCUT2D eigenvalue weighted by atomic mass is 10.0. The van der Waals surface area contributed by atoms with E-state index in [1.54, 1.807) is 8.61 Å². The maximum atomic E-state index is 12.3. The van der Waals surface area contributed by atoms with E-state index in [1.807, 2.05) is 13.8 Å². The number of nitrogens with zero attached hydrogens (tertiary/aromatic N) is 2. The molecule has 6 heteroatoms. The molecule has 1 aliphatic heterocycles. The second-order valence-electron chi connectivity index (χ2n) is 4.50. The molecule has 1 fully saturated rings. The highest BCUT2D eigenvalue weighted by molar-refractivity contribution is 7.86. The number of hydrogen-bond donors (Lipinski definition) is 0. The fraction of sp³-hybridized carbons (Fsp3) is 1.00. The summed E-state index contributed by atoms with van der Waals surface area (Å²) in [5.41, 5.74) is 0. The van der Waals surface area contributed by atoms with Crippen molar-refractivity contribution in [2.75, 3.05) is 32.1 Å². The molecule has 0 aromatic rings. The minimum atomic E-state index is -3.24. The third-order valence-electron chi connectivity index (χ3n) is 3.27. The minimum Gasteiger partial charge on any atom is -0.195 e. The standard InChI is InChI=1S/C11H23ClN2O2S/c1-3-7-13(4-2)17(15,16)14-8-5-11(10-12)6-9-14/h11H,3-10H2,1-2H3. The maximum absolute atomic E-state index is 12.3. The topological polar surface area (TPSA) is 40.6 Å². The molecule has 1 saturated heterocycles. The molecular formula is C11H23ClN2O2S. The van der Waals surface area contributed by atoms with Gasteiger partial charge in [-0.3, -0.25) is 0 Å². The molecule has 4 nitrogen and oxygen atoms in total. The quantitative estimate of drug-likeness (QED) is 0.699. The van der Waals surface area contributed by atoms with E-state index in [0.717, 1.165) is 19.3 Å². The molecule has 17 heavy (non-hydrogen) atoms. The normalized spacial score (nSPS) is 20.0. The SMILES string of the molecule is CCCN(CC)S(=O)(=O)N1CCC(CCl)CC1. The minimum absolute atomic E-state index is 0.476. The Hall–Kier alpha value is 0.160. The van der Waals surface area contributed by atoms with Crippen molar-refractivity contribution >= 4 is 21.8 Å². The molecule has 0 N–H and O–H groups in total. The van der Waals surface area contributed by atoms with E-state index in [-0.39, 0.29) is 0 Å². The lowest BCUT2D eigenvalue weighted by Gasteiger charge is -2.34. The van der Waals surface area contributed by atoms with E-state index in [1.165, 1.54) is 0 Å². The van der Waals surface area contributed by atoms with Gasteiger partial charge in [0.15, 0.2) is 0 Å². The lowest BCUT2D eigenvalue weighted by molar-refractivity contribution is 0.267. The summed E-state index contributed by atoms with van der Waals surface area (Å²) in [5.74, 6) is 1.12. The smallest absolute Gasteiger partial charge is 0.195 e. The van der Waals surface area contributed by atoms with Crippen LogP contribution in [0.4, 0.5) is 0 Å². The summed E-state index contributed by atoms with van der Waals surface area (Å²) >= 11 is 5.80. The van der Waals surface area contributed by atoms with Crippen LogP contribution in [0.5, 0.6) is 0 Å². The first-order valence-electron chi connectivity index (χ1n) is 6.37. The van der Waals surface area contributed by atoms with Crippen molar-refractivity contribution in [3.8, 4) is 0 Å². The zero-order valence-corrected chi connectivity index (χ0v) is 12.3. The average Bonchev–Trinajstić information content (AvgIpc) is 2.35. The van der Waals surface area contributed by atoms with Crippen LogP contribution in [0.25, 0.3) is 0 Å². The molecule has 0 radical (unpaired) electrons. The highest BCUT2D eigenvalue weighted by Gasteiger charge is 2.31. The third-order valence-corrected chi connectivity index (χ3v) is 5.82. The number of hydrogen-bond acceptors (Lipinski definition) is 2. The van der Waals surface area contributed by atoms with Gasteiger partial charge in [-0.25, -0.2) is 0 Å². The Kier molecular flexibility index (Phi) is 6.20. The number of halogens is 1. The number of rotatable bonds is 6. The van der Waals surface area contributed by atoms with Crippen molar-refractivity contribution in [3.63, 3.8) is 0 Å². The van der Waals surface area contributed by atoms with Crippen molar-refractivity contribution in [2.45, 2.75) is 33.1 Å². The van der Waals surface area contributed by atoms with Crippen LogP contribution in [0.15, 0.2) is 0 Å². The van der Waals surface area contributed by atoms with Gasteiger partial charge < -0.3 is 0 Å². The summed E-state index contributed by atoms with van der Waals surface area (Å²) in [5, 5.41) is 0. The zero-order chi connectivity index (χ0) is 12.9. The first-order valence-corrected chi connectivity index (χ1v) is 8.30. The molecule has 1 heterocycles. The largest absolute Gasteiger partial charge is 0.281 e. The Morgan fingerprint density at radius 3 is 2.29 bits per heavy atom. The third kappa shape index (κ3) is 3.81. The van der Waals surface area contributed by atoms with Crippen LogP contribution in [0.1, 0.15) is 33.1 Å². The first-order chi connectivity index (χ1) is 8.06. The average molecular weight is 283 g/mol. The van der Waals surface area contributed by atoms with Gasteiger partial charge >= 0.3 is 0 Å². The van der Waals surface area contributed by atoms with Gasteiger partial charge in [0.05, 0.1) is 0 Å². The first kappa shape index (κ1) is 15.2. The predicted molar refractivity (Wildman–Crippen MR) is 71.5 cm³/mol. The summed E-state index contributed by atoms with van der Waals surface area (Å²) < 4.78 is 27.8. The van der Waals surface area contributed by atoms with Gasteiger partial charge in [0, 0.05) is 32.1 Å².